The van der Waals surface area contributed by atoms with Crippen LogP contribution in [0.3, 0.4) is 0 Å². The molecule has 24 heavy (non-hydrogen) atoms. The van der Waals surface area contributed by atoms with Crippen molar-refractivity contribution in [2.75, 3.05) is 11.6 Å². The minimum atomic E-state index is -0.249. The number of hydrogen-bond donors (Lipinski definition) is 0. The fraction of sp³-hybridized carbons (Fsp3) is 0.389. The molecule has 3 amide bonds. The molecule has 1 aromatic carbocycles. The Labute approximate surface area is 144 Å². The fourth-order valence-corrected chi connectivity index (χ4v) is 4.44. The number of carbonyl (C=O) groups excluding carboxylic acids is 3. The first-order chi connectivity index (χ1) is 11.5. The minimum absolute atomic E-state index is 0.0558. The van der Waals surface area contributed by atoms with Crippen LogP contribution in [0.2, 0.25) is 5.02 Å². The molecule has 1 aromatic rings. The molecule has 0 unspecified atom stereocenters. The molecule has 1 heterocycles. The SMILES string of the molecule is CC(=O)N(CN1C(=O)[C@@H]2[C@@H](C1=O)[C@H]1C=C[C@@H]2C1)c1cccc(Cl)c1. The van der Waals surface area contributed by atoms with Crippen molar-refractivity contribution < 1.29 is 14.4 Å². The molecule has 0 N–H and O–H groups in total. The predicted octanol–water partition coefficient (Wildman–Crippen LogP) is 2.46. The smallest absolute Gasteiger partial charge is 0.235 e. The summed E-state index contributed by atoms with van der Waals surface area (Å²) in [6, 6.07) is 6.84. The zero-order valence-electron chi connectivity index (χ0n) is 13.2. The van der Waals surface area contributed by atoms with Crippen LogP contribution in [0.25, 0.3) is 0 Å². The Bertz CT molecular complexity index is 745. The highest BCUT2D eigenvalue weighted by Crippen LogP contribution is 2.52. The van der Waals surface area contributed by atoms with Gasteiger partial charge < -0.3 is 0 Å². The molecule has 1 saturated carbocycles. The number of halogens is 1. The molecule has 1 saturated heterocycles. The average Bonchev–Trinajstić information content (AvgIpc) is 3.20. The first-order valence-corrected chi connectivity index (χ1v) is 8.42. The van der Waals surface area contributed by atoms with E-state index < -0.39 is 0 Å². The van der Waals surface area contributed by atoms with Gasteiger partial charge in [-0.05, 0) is 36.5 Å². The van der Waals surface area contributed by atoms with Crippen LogP contribution in [-0.2, 0) is 14.4 Å². The lowest BCUT2D eigenvalue weighted by molar-refractivity contribution is -0.140. The summed E-state index contributed by atoms with van der Waals surface area (Å²) in [5, 5.41) is 0.497. The second kappa shape index (κ2) is 5.45. The van der Waals surface area contributed by atoms with Crippen LogP contribution < -0.4 is 4.90 Å². The number of likely N-dealkylation sites (tertiary alicyclic amines) is 1. The molecular formula is C18H17ClN2O3. The lowest BCUT2D eigenvalue weighted by Crippen LogP contribution is -2.44. The van der Waals surface area contributed by atoms with Crippen molar-refractivity contribution in [2.45, 2.75) is 13.3 Å². The van der Waals surface area contributed by atoms with Crippen molar-refractivity contribution in [1.29, 1.82) is 0 Å². The van der Waals surface area contributed by atoms with E-state index >= 15 is 0 Å². The molecule has 3 aliphatic rings. The summed E-state index contributed by atoms with van der Waals surface area (Å²) in [4.78, 5) is 40.2. The van der Waals surface area contributed by atoms with Gasteiger partial charge in [0.2, 0.25) is 17.7 Å². The maximum atomic E-state index is 12.8. The number of imide groups is 1. The standard InChI is InChI=1S/C18H17ClN2O3/c1-10(22)20(14-4-2-3-13(19)8-14)9-21-17(23)15-11-5-6-12(7-11)16(15)18(21)24/h2-6,8,11-12,15-16H,7,9H2,1H3/t11-,12+,15-,16-/m0/s1. The fourth-order valence-electron chi connectivity index (χ4n) is 4.25. The number of hydrogen-bond acceptors (Lipinski definition) is 3. The molecule has 0 aromatic heterocycles. The van der Waals surface area contributed by atoms with Crippen LogP contribution >= 0.6 is 11.6 Å². The summed E-state index contributed by atoms with van der Waals surface area (Å²) >= 11 is 6.00. The largest absolute Gasteiger partial charge is 0.294 e. The van der Waals surface area contributed by atoms with Gasteiger partial charge in [-0.2, -0.15) is 0 Å². The summed E-state index contributed by atoms with van der Waals surface area (Å²) in [5.74, 6) is -0.723. The Morgan fingerprint density at radius 3 is 2.38 bits per heavy atom. The molecule has 2 bridgehead atoms. The summed E-state index contributed by atoms with van der Waals surface area (Å²) in [6.07, 6.45) is 5.01. The first-order valence-electron chi connectivity index (χ1n) is 8.04. The van der Waals surface area contributed by atoms with Gasteiger partial charge in [0.15, 0.2) is 0 Å². The molecule has 0 radical (unpaired) electrons. The molecule has 4 atom stereocenters. The van der Waals surface area contributed by atoms with E-state index in [2.05, 4.69) is 12.2 Å². The van der Waals surface area contributed by atoms with Gasteiger partial charge in [-0.25, -0.2) is 0 Å². The predicted molar refractivity (Wildman–Crippen MR) is 89.0 cm³/mol. The van der Waals surface area contributed by atoms with Gasteiger partial charge in [0.25, 0.3) is 0 Å². The number of amides is 3. The lowest BCUT2D eigenvalue weighted by atomic mass is 9.85. The van der Waals surface area contributed by atoms with Crippen LogP contribution in [0, 0.1) is 23.7 Å². The highest BCUT2D eigenvalue weighted by atomic mass is 35.5. The summed E-state index contributed by atoms with van der Waals surface area (Å²) in [5.41, 5.74) is 0.578. The van der Waals surface area contributed by atoms with Gasteiger partial charge in [0, 0.05) is 17.6 Å². The van der Waals surface area contributed by atoms with Crippen molar-refractivity contribution in [3.8, 4) is 0 Å². The van der Waals surface area contributed by atoms with E-state index in [0.29, 0.717) is 10.7 Å². The van der Waals surface area contributed by atoms with Gasteiger partial charge >= 0.3 is 0 Å². The Kier molecular flexibility index (Phi) is 3.49. The van der Waals surface area contributed by atoms with E-state index in [4.69, 9.17) is 11.6 Å². The molecule has 5 nitrogen and oxygen atoms in total. The summed E-state index contributed by atoms with van der Waals surface area (Å²) in [6.45, 7) is 1.36. The van der Waals surface area contributed by atoms with Crippen molar-refractivity contribution in [1.82, 2.24) is 4.90 Å². The monoisotopic (exact) mass is 344 g/mol. The molecule has 0 spiro atoms. The van der Waals surface area contributed by atoms with Crippen molar-refractivity contribution >= 4 is 35.0 Å². The highest BCUT2D eigenvalue weighted by Gasteiger charge is 2.59. The third kappa shape index (κ3) is 2.18. The van der Waals surface area contributed by atoms with E-state index in [9.17, 15) is 14.4 Å². The van der Waals surface area contributed by atoms with Crippen LogP contribution in [0.15, 0.2) is 36.4 Å². The number of benzene rings is 1. The highest BCUT2D eigenvalue weighted by molar-refractivity contribution is 6.30. The van der Waals surface area contributed by atoms with Crippen LogP contribution in [-0.4, -0.2) is 29.3 Å². The van der Waals surface area contributed by atoms with Gasteiger partial charge in [-0.15, -0.1) is 0 Å². The third-order valence-electron chi connectivity index (χ3n) is 5.34. The molecule has 124 valence electrons. The second-order valence-electron chi connectivity index (χ2n) is 6.67. The Morgan fingerprint density at radius 2 is 1.83 bits per heavy atom. The Balaban J connectivity index is 1.61. The molecule has 2 fully saturated rings. The van der Waals surface area contributed by atoms with E-state index in [1.165, 1.54) is 16.7 Å². The van der Waals surface area contributed by atoms with Gasteiger partial charge in [0.05, 0.1) is 11.8 Å². The normalized spacial score (nSPS) is 30.2. The number of rotatable bonds is 3. The molecule has 6 heteroatoms. The molecule has 2 aliphatic carbocycles. The Morgan fingerprint density at radius 1 is 1.21 bits per heavy atom. The van der Waals surface area contributed by atoms with Crippen molar-refractivity contribution in [2.24, 2.45) is 23.7 Å². The van der Waals surface area contributed by atoms with Gasteiger partial charge in [0.1, 0.15) is 6.67 Å². The number of allylic oxidation sites excluding steroid dienone is 2. The van der Waals surface area contributed by atoms with Crippen LogP contribution in [0.5, 0.6) is 0 Å². The van der Waals surface area contributed by atoms with Crippen LogP contribution in [0.1, 0.15) is 13.3 Å². The summed E-state index contributed by atoms with van der Waals surface area (Å²) < 4.78 is 0. The van der Waals surface area contributed by atoms with Gasteiger partial charge in [-0.1, -0.05) is 29.8 Å². The van der Waals surface area contributed by atoms with Crippen molar-refractivity contribution in [3.05, 3.63) is 41.4 Å². The number of nitrogens with zero attached hydrogens (tertiary/aromatic N) is 2. The topological polar surface area (TPSA) is 57.7 Å². The lowest BCUT2D eigenvalue weighted by Gasteiger charge is -2.27. The second-order valence-corrected chi connectivity index (χ2v) is 7.11. The van der Waals surface area contributed by atoms with Crippen molar-refractivity contribution in [3.63, 3.8) is 0 Å². The number of fused-ring (bicyclic) bond motifs is 5. The summed E-state index contributed by atoms with van der Waals surface area (Å²) in [7, 11) is 0. The Hall–Kier alpha value is -2.14. The van der Waals surface area contributed by atoms with E-state index in [1.807, 2.05) is 0 Å². The quantitative estimate of drug-likeness (QED) is 0.625. The minimum Gasteiger partial charge on any atom is -0.294 e. The zero-order chi connectivity index (χ0) is 17.0. The number of carbonyl (C=O) groups is 3. The van der Waals surface area contributed by atoms with E-state index in [-0.39, 0.29) is 48.1 Å². The molecule has 1 aliphatic heterocycles. The molecular weight excluding hydrogens is 328 g/mol. The van der Waals surface area contributed by atoms with Crippen LogP contribution in [0.4, 0.5) is 5.69 Å². The maximum absolute atomic E-state index is 12.8. The number of anilines is 1. The zero-order valence-corrected chi connectivity index (χ0v) is 13.9. The van der Waals surface area contributed by atoms with E-state index in [1.54, 1.807) is 24.3 Å². The average molecular weight is 345 g/mol. The third-order valence-corrected chi connectivity index (χ3v) is 5.58. The maximum Gasteiger partial charge on any atom is 0.235 e. The van der Waals surface area contributed by atoms with E-state index in [0.717, 1.165) is 6.42 Å². The first kappa shape index (κ1) is 15.4. The molecule has 4 rings (SSSR count). The van der Waals surface area contributed by atoms with Gasteiger partial charge in [-0.3, -0.25) is 24.2 Å².